The van der Waals surface area contributed by atoms with Gasteiger partial charge < -0.3 is 25.0 Å². The lowest BCUT2D eigenvalue weighted by atomic mass is 9.97. The number of guanidine groups is 1. The van der Waals surface area contributed by atoms with Gasteiger partial charge >= 0.3 is 11.9 Å². The van der Waals surface area contributed by atoms with Crippen LogP contribution in [-0.2, 0) is 19.1 Å². The van der Waals surface area contributed by atoms with Crippen LogP contribution in [0.5, 0.6) is 0 Å². The second-order valence-electron chi connectivity index (χ2n) is 15.9. The molecule has 3 N–H and O–H groups in total. The highest BCUT2D eigenvalue weighted by atomic mass is 16.5. The van der Waals surface area contributed by atoms with Crippen molar-refractivity contribution in [1.29, 1.82) is 5.41 Å². The van der Waals surface area contributed by atoms with E-state index < -0.39 is 0 Å². The third-order valence-electron chi connectivity index (χ3n) is 11.6. The van der Waals surface area contributed by atoms with Gasteiger partial charge in [-0.1, -0.05) is 142 Å². The van der Waals surface area contributed by atoms with Gasteiger partial charge in [-0.3, -0.25) is 19.9 Å². The van der Waals surface area contributed by atoms with Crippen LogP contribution in [0.25, 0.3) is 0 Å². The fourth-order valence-electron chi connectivity index (χ4n) is 8.13. The molecule has 0 aliphatic carbocycles. The first-order valence-corrected chi connectivity index (χ1v) is 22.3. The van der Waals surface area contributed by atoms with Gasteiger partial charge in [0, 0.05) is 51.1 Å². The van der Waals surface area contributed by atoms with Crippen molar-refractivity contribution in [2.24, 2.45) is 5.73 Å². The lowest BCUT2D eigenvalue weighted by Crippen LogP contribution is -2.53. The Kier molecular flexibility index (Phi) is 28.0. The van der Waals surface area contributed by atoms with Gasteiger partial charge in [-0.05, 0) is 51.6 Å². The van der Waals surface area contributed by atoms with Gasteiger partial charge in [0.05, 0.1) is 0 Å². The van der Waals surface area contributed by atoms with Crippen LogP contribution in [0, 0.1) is 5.41 Å². The Bertz CT molecular complexity index is 845. The highest BCUT2D eigenvalue weighted by Crippen LogP contribution is 2.24. The first-order chi connectivity index (χ1) is 25.4. The standard InChI is InChI=1S/C43H83N5O4/c1-3-5-7-9-11-13-15-17-19-21-23-25-41(49)51-37-35-47(40-27-31-46(32-28-40)39-29-33-48(34-30-39)43(44)45)36-38-52-42(50)26-24-22-20-18-16-14-12-10-8-6-4-2/h39-40H,3-38H2,1-2H3,(H3,44,45). The van der Waals surface area contributed by atoms with Gasteiger partial charge in [-0.15, -0.1) is 0 Å². The number of piperidine rings is 2. The topological polar surface area (TPSA) is 112 Å². The third-order valence-corrected chi connectivity index (χ3v) is 11.6. The largest absolute Gasteiger partial charge is 0.464 e. The minimum Gasteiger partial charge on any atom is -0.464 e. The monoisotopic (exact) mass is 734 g/mol. The van der Waals surface area contributed by atoms with E-state index >= 15 is 0 Å². The molecule has 0 radical (unpaired) electrons. The zero-order valence-electron chi connectivity index (χ0n) is 34.2. The first kappa shape index (κ1) is 46.3. The molecule has 52 heavy (non-hydrogen) atoms. The lowest BCUT2D eigenvalue weighted by Gasteiger charge is -2.44. The molecule has 0 spiro atoms. The highest BCUT2D eigenvalue weighted by molar-refractivity contribution is 5.74. The molecule has 2 heterocycles. The van der Waals surface area contributed by atoms with E-state index in [1.54, 1.807) is 0 Å². The number of ether oxygens (including phenoxy) is 2. The maximum Gasteiger partial charge on any atom is 0.305 e. The summed E-state index contributed by atoms with van der Waals surface area (Å²) in [5.74, 6) is 0.0220. The van der Waals surface area contributed by atoms with Crippen LogP contribution < -0.4 is 5.73 Å². The summed E-state index contributed by atoms with van der Waals surface area (Å²) in [6, 6.07) is 0.947. The van der Waals surface area contributed by atoms with Gasteiger partial charge in [0.25, 0.3) is 0 Å². The van der Waals surface area contributed by atoms with Crippen LogP contribution in [0.3, 0.4) is 0 Å². The molecular formula is C43H83N5O4. The van der Waals surface area contributed by atoms with Crippen molar-refractivity contribution in [3.05, 3.63) is 0 Å². The number of hydrogen-bond donors (Lipinski definition) is 2. The van der Waals surface area contributed by atoms with Crippen LogP contribution in [0.2, 0.25) is 0 Å². The fraction of sp³-hybridized carbons (Fsp3) is 0.930. The number of nitrogens with two attached hydrogens (primary N) is 1. The first-order valence-electron chi connectivity index (χ1n) is 22.3. The van der Waals surface area contributed by atoms with Gasteiger partial charge in [0.1, 0.15) is 13.2 Å². The molecule has 9 heteroatoms. The van der Waals surface area contributed by atoms with E-state index in [1.807, 2.05) is 4.90 Å². The average Bonchev–Trinajstić information content (AvgIpc) is 3.15. The quantitative estimate of drug-likeness (QED) is 0.0304. The summed E-state index contributed by atoms with van der Waals surface area (Å²) in [4.78, 5) is 32.1. The van der Waals surface area contributed by atoms with Gasteiger partial charge in [0.2, 0.25) is 0 Å². The SMILES string of the molecule is CCCCCCCCCCCCCC(=O)OCCN(CCOC(=O)CCCCCCCCCCCCC)C1CCN(C2CCN(C(=N)N)CC2)CC1. The zero-order valence-corrected chi connectivity index (χ0v) is 34.2. The van der Waals surface area contributed by atoms with E-state index in [4.69, 9.17) is 20.6 Å². The molecule has 2 saturated heterocycles. The number of unbranched alkanes of at least 4 members (excludes halogenated alkanes) is 20. The number of esters is 2. The van der Waals surface area contributed by atoms with Crippen molar-refractivity contribution in [1.82, 2.24) is 14.7 Å². The number of hydrogen-bond acceptors (Lipinski definition) is 7. The maximum atomic E-state index is 12.6. The summed E-state index contributed by atoms with van der Waals surface area (Å²) in [5, 5.41) is 7.74. The Balaban J connectivity index is 1.65. The summed E-state index contributed by atoms with van der Waals surface area (Å²) in [6.45, 7) is 10.5. The third kappa shape index (κ3) is 23.0. The average molecular weight is 734 g/mol. The molecule has 2 rings (SSSR count). The summed E-state index contributed by atoms with van der Waals surface area (Å²) in [5.41, 5.74) is 5.72. The smallest absolute Gasteiger partial charge is 0.305 e. The van der Waals surface area contributed by atoms with Crippen molar-refractivity contribution in [2.75, 3.05) is 52.5 Å². The Hall–Kier alpha value is -1.87. The summed E-state index contributed by atoms with van der Waals surface area (Å²) in [6.07, 6.45) is 33.2. The molecule has 2 fully saturated rings. The lowest BCUT2D eigenvalue weighted by molar-refractivity contribution is -0.145. The van der Waals surface area contributed by atoms with Crippen molar-refractivity contribution in [3.8, 4) is 0 Å². The van der Waals surface area contributed by atoms with E-state index in [0.717, 1.165) is 77.5 Å². The molecule has 0 aromatic rings. The number of nitrogens with zero attached hydrogens (tertiary/aromatic N) is 3. The van der Waals surface area contributed by atoms with E-state index in [-0.39, 0.29) is 17.9 Å². The second-order valence-corrected chi connectivity index (χ2v) is 15.9. The molecule has 0 saturated carbocycles. The second kappa shape index (κ2) is 31.5. The van der Waals surface area contributed by atoms with E-state index in [9.17, 15) is 9.59 Å². The van der Waals surface area contributed by atoms with Crippen molar-refractivity contribution >= 4 is 17.9 Å². The number of likely N-dealkylation sites (tertiary alicyclic amines) is 2. The summed E-state index contributed by atoms with van der Waals surface area (Å²) < 4.78 is 11.4. The van der Waals surface area contributed by atoms with E-state index in [2.05, 4.69) is 23.6 Å². The van der Waals surface area contributed by atoms with Crippen LogP contribution >= 0.6 is 0 Å². The molecule has 2 aliphatic heterocycles. The Morgan fingerprint density at radius 2 is 0.942 bits per heavy atom. The summed E-state index contributed by atoms with van der Waals surface area (Å²) in [7, 11) is 0. The molecule has 304 valence electrons. The maximum absolute atomic E-state index is 12.6. The molecule has 0 aromatic carbocycles. The number of carbonyl (C=O) groups excluding carboxylic acids is 2. The van der Waals surface area contributed by atoms with Gasteiger partial charge in [-0.2, -0.15) is 0 Å². The molecule has 0 amide bonds. The molecule has 0 unspecified atom stereocenters. The molecule has 9 nitrogen and oxygen atoms in total. The fourth-order valence-corrected chi connectivity index (χ4v) is 8.13. The van der Waals surface area contributed by atoms with Crippen molar-refractivity contribution < 1.29 is 19.1 Å². The normalized spacial score (nSPS) is 16.1. The van der Waals surface area contributed by atoms with Crippen molar-refractivity contribution in [3.63, 3.8) is 0 Å². The van der Waals surface area contributed by atoms with E-state index in [0.29, 0.717) is 51.2 Å². The Morgan fingerprint density at radius 3 is 1.31 bits per heavy atom. The van der Waals surface area contributed by atoms with Crippen LogP contribution in [0.4, 0.5) is 0 Å². The number of nitrogens with one attached hydrogen (secondary N) is 1. The van der Waals surface area contributed by atoms with E-state index in [1.165, 1.54) is 116 Å². The van der Waals surface area contributed by atoms with Gasteiger partial charge in [-0.25, -0.2) is 0 Å². The minimum atomic E-state index is -0.0824. The molecule has 2 aliphatic rings. The summed E-state index contributed by atoms with van der Waals surface area (Å²) >= 11 is 0. The number of carbonyl (C=O) groups is 2. The molecule has 0 bridgehead atoms. The molecule has 0 aromatic heterocycles. The van der Waals surface area contributed by atoms with Gasteiger partial charge in [0.15, 0.2) is 5.96 Å². The molecule has 0 atom stereocenters. The predicted octanol–water partition coefficient (Wildman–Crippen LogP) is 9.60. The van der Waals surface area contributed by atoms with Crippen molar-refractivity contribution in [2.45, 2.75) is 206 Å². The Morgan fingerprint density at radius 1 is 0.577 bits per heavy atom. The Labute approximate surface area is 320 Å². The van der Waals surface area contributed by atoms with Crippen LogP contribution in [0.15, 0.2) is 0 Å². The predicted molar refractivity (Wildman–Crippen MR) is 217 cm³/mol. The zero-order chi connectivity index (χ0) is 37.5. The molecular weight excluding hydrogens is 651 g/mol. The minimum absolute atomic E-state index is 0.0824. The number of rotatable bonds is 32. The van der Waals surface area contributed by atoms with Crippen LogP contribution in [0.1, 0.15) is 194 Å². The van der Waals surface area contributed by atoms with Crippen LogP contribution in [-0.4, -0.2) is 97.2 Å². The highest BCUT2D eigenvalue weighted by Gasteiger charge is 2.30.